The molecule has 1 unspecified atom stereocenters. The molecule has 0 bridgehead atoms. The smallest absolute Gasteiger partial charge is 0.376 e. The van der Waals surface area contributed by atoms with Gasteiger partial charge in [0.1, 0.15) is 0 Å². The molecule has 1 heterocycles. The van der Waals surface area contributed by atoms with Crippen LogP contribution in [0.3, 0.4) is 0 Å². The lowest BCUT2D eigenvalue weighted by atomic mass is 9.92. The Morgan fingerprint density at radius 1 is 0.912 bits per heavy atom. The summed E-state index contributed by atoms with van der Waals surface area (Å²) < 4.78 is 46.3. The van der Waals surface area contributed by atoms with E-state index in [-0.39, 0.29) is 30.9 Å². The summed E-state index contributed by atoms with van der Waals surface area (Å²) in [4.78, 5) is 17.1. The molecule has 1 saturated carbocycles. The van der Waals surface area contributed by atoms with E-state index in [1.807, 2.05) is 41.3 Å². The predicted molar refractivity (Wildman–Crippen MR) is 122 cm³/mol. The molecule has 184 valence electrons. The molecule has 5 nitrogen and oxygen atoms in total. The molecule has 2 aromatic rings. The van der Waals surface area contributed by atoms with Gasteiger partial charge in [-0.1, -0.05) is 60.7 Å². The van der Waals surface area contributed by atoms with Crippen molar-refractivity contribution < 1.29 is 27.4 Å². The Kier molecular flexibility index (Phi) is 8.24. The highest BCUT2D eigenvalue weighted by Gasteiger charge is 2.40. The van der Waals surface area contributed by atoms with Gasteiger partial charge in [-0.25, -0.2) is 0 Å². The third-order valence-electron chi connectivity index (χ3n) is 6.54. The molecule has 34 heavy (non-hydrogen) atoms. The molecule has 0 radical (unpaired) electrons. The molecule has 0 aromatic heterocycles. The third-order valence-corrected chi connectivity index (χ3v) is 6.54. The highest BCUT2D eigenvalue weighted by molar-refractivity contribution is 5.77. The number of carbonyl (C=O) groups excluding carboxylic acids is 1. The van der Waals surface area contributed by atoms with Crippen LogP contribution in [0, 0.1) is 0 Å². The van der Waals surface area contributed by atoms with Crippen LogP contribution in [0.15, 0.2) is 60.7 Å². The van der Waals surface area contributed by atoms with Gasteiger partial charge in [0.2, 0.25) is 5.91 Å². The Hall–Kier alpha value is -2.42. The second kappa shape index (κ2) is 11.3. The van der Waals surface area contributed by atoms with E-state index >= 15 is 0 Å². The summed E-state index contributed by atoms with van der Waals surface area (Å²) in [6.45, 7) is 3.00. The van der Waals surface area contributed by atoms with Crippen molar-refractivity contribution in [1.29, 1.82) is 0 Å². The summed E-state index contributed by atoms with van der Waals surface area (Å²) in [7, 11) is 0. The number of benzene rings is 2. The largest absolute Gasteiger partial charge is 0.522 e. The molecule has 1 atom stereocenters. The molecule has 2 aliphatic rings. The van der Waals surface area contributed by atoms with Crippen molar-refractivity contribution in [2.45, 2.75) is 63.4 Å². The minimum absolute atomic E-state index is 0.0952. The van der Waals surface area contributed by atoms with Crippen molar-refractivity contribution in [2.24, 2.45) is 0 Å². The first-order valence-corrected chi connectivity index (χ1v) is 11.8. The number of halogens is 3. The van der Waals surface area contributed by atoms with Crippen LogP contribution in [-0.2, 0) is 27.4 Å². The highest BCUT2D eigenvalue weighted by atomic mass is 19.4. The number of carbonyl (C=O) groups is 1. The van der Waals surface area contributed by atoms with Crippen LogP contribution in [0.1, 0.15) is 36.8 Å². The second-order valence-electron chi connectivity index (χ2n) is 9.05. The standard InChI is InChI=1S/C26H31F3N2O3/c27-26(28,29)34-24-16-23(17-24)33-14-13-30-12-11-22(15-25(30)32)31(18-20-7-3-1-4-8-20)19-21-9-5-2-6-10-21/h1-10,22-24H,11-19H2/t22?,23-,24+. The van der Waals surface area contributed by atoms with Gasteiger partial charge in [0.25, 0.3) is 0 Å². The van der Waals surface area contributed by atoms with E-state index in [4.69, 9.17) is 4.74 Å². The summed E-state index contributed by atoms with van der Waals surface area (Å²) in [5.74, 6) is 0.0952. The predicted octanol–water partition coefficient (Wildman–Crippen LogP) is 4.76. The van der Waals surface area contributed by atoms with Crippen LogP contribution in [-0.4, -0.2) is 60.0 Å². The molecule has 1 aliphatic heterocycles. The fourth-order valence-electron chi connectivity index (χ4n) is 4.63. The summed E-state index contributed by atoms with van der Waals surface area (Å²) >= 11 is 0. The summed E-state index contributed by atoms with van der Waals surface area (Å²) in [6, 6.07) is 20.7. The minimum atomic E-state index is -4.60. The van der Waals surface area contributed by atoms with Gasteiger partial charge in [0.05, 0.1) is 18.8 Å². The Bertz CT molecular complexity index is 863. The van der Waals surface area contributed by atoms with Crippen LogP contribution in [0.5, 0.6) is 0 Å². The second-order valence-corrected chi connectivity index (χ2v) is 9.05. The summed E-state index contributed by atoms with van der Waals surface area (Å²) in [5.41, 5.74) is 2.44. The Balaban J connectivity index is 1.25. The molecule has 8 heteroatoms. The Labute approximate surface area is 198 Å². The number of amides is 1. The van der Waals surface area contributed by atoms with Crippen molar-refractivity contribution in [2.75, 3.05) is 19.7 Å². The molecule has 1 aliphatic carbocycles. The van der Waals surface area contributed by atoms with Gasteiger partial charge in [-0.05, 0) is 17.5 Å². The zero-order valence-corrected chi connectivity index (χ0v) is 19.1. The first-order valence-electron chi connectivity index (χ1n) is 11.8. The molecular formula is C26H31F3N2O3. The van der Waals surface area contributed by atoms with E-state index in [1.54, 1.807) is 0 Å². The van der Waals surface area contributed by atoms with Gasteiger partial charge in [-0.15, -0.1) is 13.2 Å². The number of hydrogen-bond acceptors (Lipinski definition) is 4. The van der Waals surface area contributed by atoms with Crippen molar-refractivity contribution in [3.63, 3.8) is 0 Å². The molecule has 4 rings (SSSR count). The zero-order valence-electron chi connectivity index (χ0n) is 19.1. The van der Waals surface area contributed by atoms with Gasteiger partial charge in [-0.2, -0.15) is 0 Å². The number of hydrogen-bond donors (Lipinski definition) is 0. The lowest BCUT2D eigenvalue weighted by Gasteiger charge is -2.39. The number of alkyl halides is 3. The van der Waals surface area contributed by atoms with Crippen molar-refractivity contribution in [3.8, 4) is 0 Å². The molecule has 0 spiro atoms. The third kappa shape index (κ3) is 7.29. The maximum absolute atomic E-state index is 12.9. The van der Waals surface area contributed by atoms with Crippen molar-refractivity contribution >= 4 is 5.91 Å². The molecule has 1 saturated heterocycles. The van der Waals surface area contributed by atoms with E-state index in [0.717, 1.165) is 19.5 Å². The van der Waals surface area contributed by atoms with Crippen LogP contribution in [0.2, 0.25) is 0 Å². The van der Waals surface area contributed by atoms with E-state index in [1.165, 1.54) is 11.1 Å². The lowest BCUT2D eigenvalue weighted by Crippen LogP contribution is -2.48. The van der Waals surface area contributed by atoms with Gasteiger partial charge >= 0.3 is 6.36 Å². The topological polar surface area (TPSA) is 42.0 Å². The van der Waals surface area contributed by atoms with E-state index in [0.29, 0.717) is 26.1 Å². The van der Waals surface area contributed by atoms with Gasteiger partial charge < -0.3 is 9.64 Å². The zero-order chi connectivity index (χ0) is 24.0. The van der Waals surface area contributed by atoms with Crippen molar-refractivity contribution in [3.05, 3.63) is 71.8 Å². The monoisotopic (exact) mass is 476 g/mol. The number of ether oxygens (including phenoxy) is 2. The first kappa shape index (κ1) is 24.7. The van der Waals surface area contributed by atoms with Gasteiger partial charge in [0, 0.05) is 51.5 Å². The normalized spacial score (nSPS) is 23.2. The van der Waals surface area contributed by atoms with Crippen LogP contribution in [0.4, 0.5) is 13.2 Å². The van der Waals surface area contributed by atoms with Gasteiger partial charge in [0.15, 0.2) is 0 Å². The molecule has 2 aromatic carbocycles. The number of piperidine rings is 1. The van der Waals surface area contributed by atoms with Crippen LogP contribution in [0.25, 0.3) is 0 Å². The van der Waals surface area contributed by atoms with Crippen molar-refractivity contribution in [1.82, 2.24) is 9.80 Å². The Morgan fingerprint density at radius 2 is 1.50 bits per heavy atom. The molecule has 2 fully saturated rings. The van der Waals surface area contributed by atoms with E-state index in [9.17, 15) is 18.0 Å². The fraction of sp³-hybridized carbons (Fsp3) is 0.500. The van der Waals surface area contributed by atoms with E-state index < -0.39 is 12.5 Å². The summed E-state index contributed by atoms with van der Waals surface area (Å²) in [6.07, 6.45) is -3.84. The SMILES string of the molecule is O=C1CC(N(Cc2ccccc2)Cc2ccccc2)CCN1CCO[C@H]1C[C@@H](OC(F)(F)F)C1. The Morgan fingerprint density at radius 3 is 2.03 bits per heavy atom. The highest BCUT2D eigenvalue weighted by Crippen LogP contribution is 2.32. The first-order chi connectivity index (χ1) is 16.4. The lowest BCUT2D eigenvalue weighted by molar-refractivity contribution is -0.357. The number of likely N-dealkylation sites (tertiary alicyclic amines) is 1. The summed E-state index contributed by atoms with van der Waals surface area (Å²) in [5, 5.41) is 0. The van der Waals surface area contributed by atoms with E-state index in [2.05, 4.69) is 33.9 Å². The fourth-order valence-corrected chi connectivity index (χ4v) is 4.63. The van der Waals surface area contributed by atoms with Gasteiger partial charge in [-0.3, -0.25) is 14.4 Å². The van der Waals surface area contributed by atoms with Crippen LogP contribution < -0.4 is 0 Å². The average molecular weight is 477 g/mol. The quantitative estimate of drug-likeness (QED) is 0.496. The molecule has 0 N–H and O–H groups in total. The average Bonchev–Trinajstić information content (AvgIpc) is 2.78. The maximum Gasteiger partial charge on any atom is 0.522 e. The molecular weight excluding hydrogens is 445 g/mol. The minimum Gasteiger partial charge on any atom is -0.376 e. The number of nitrogens with zero attached hydrogens (tertiary/aromatic N) is 2. The van der Waals surface area contributed by atoms with Crippen LogP contribution >= 0.6 is 0 Å². The maximum atomic E-state index is 12.9. The number of rotatable bonds is 10. The molecule has 1 amide bonds.